The van der Waals surface area contributed by atoms with Gasteiger partial charge in [-0.2, -0.15) is 0 Å². The van der Waals surface area contributed by atoms with Gasteiger partial charge in [-0.25, -0.2) is 0 Å². The minimum Gasteiger partial charge on any atom is -0.353 e. The Balaban J connectivity index is 1.86. The number of rotatable bonds is 4. The first kappa shape index (κ1) is 14.1. The zero-order chi connectivity index (χ0) is 13.7. The second-order valence-corrected chi connectivity index (χ2v) is 5.63. The maximum Gasteiger partial charge on any atom is 0.224 e. The Kier molecular flexibility index (Phi) is 4.97. The zero-order valence-electron chi connectivity index (χ0n) is 11.7. The largest absolute Gasteiger partial charge is 0.353 e. The summed E-state index contributed by atoms with van der Waals surface area (Å²) < 4.78 is 0. The summed E-state index contributed by atoms with van der Waals surface area (Å²) in [6.45, 7) is 2.78. The minimum absolute atomic E-state index is 0.138. The molecule has 104 valence electrons. The second-order valence-electron chi connectivity index (χ2n) is 5.63. The van der Waals surface area contributed by atoms with Crippen molar-refractivity contribution in [3.63, 3.8) is 0 Å². The average Bonchev–Trinajstić information content (AvgIpc) is 2.42. The first-order valence-corrected chi connectivity index (χ1v) is 7.26. The summed E-state index contributed by atoms with van der Waals surface area (Å²) in [5.41, 5.74) is 7.72. The molecule has 0 saturated heterocycles. The van der Waals surface area contributed by atoms with Crippen molar-refractivity contribution in [2.75, 3.05) is 0 Å². The van der Waals surface area contributed by atoms with Gasteiger partial charge in [0.05, 0.1) is 6.42 Å². The van der Waals surface area contributed by atoms with Crippen molar-refractivity contribution in [3.05, 3.63) is 35.4 Å². The number of hydrogen-bond acceptors (Lipinski definition) is 2. The summed E-state index contributed by atoms with van der Waals surface area (Å²) in [6, 6.07) is 8.33. The number of hydrogen-bond donors (Lipinski definition) is 2. The maximum atomic E-state index is 12.0. The molecule has 2 unspecified atom stereocenters. The monoisotopic (exact) mass is 260 g/mol. The molecule has 1 aliphatic carbocycles. The lowest BCUT2D eigenvalue weighted by atomic mass is 9.86. The van der Waals surface area contributed by atoms with Crippen LogP contribution in [0.3, 0.4) is 0 Å². The maximum absolute atomic E-state index is 12.0. The summed E-state index contributed by atoms with van der Waals surface area (Å²) >= 11 is 0. The highest BCUT2D eigenvalue weighted by Gasteiger charge is 2.22. The van der Waals surface area contributed by atoms with Crippen molar-refractivity contribution >= 4 is 5.91 Å². The van der Waals surface area contributed by atoms with E-state index in [0.29, 0.717) is 24.9 Å². The van der Waals surface area contributed by atoms with Gasteiger partial charge in [0.25, 0.3) is 0 Å². The van der Waals surface area contributed by atoms with Gasteiger partial charge < -0.3 is 11.1 Å². The Morgan fingerprint density at radius 3 is 2.47 bits per heavy atom. The van der Waals surface area contributed by atoms with Gasteiger partial charge in [0.1, 0.15) is 0 Å². The molecule has 1 saturated carbocycles. The highest BCUT2D eigenvalue weighted by molar-refractivity contribution is 5.78. The van der Waals surface area contributed by atoms with Crippen LogP contribution in [-0.4, -0.2) is 11.9 Å². The highest BCUT2D eigenvalue weighted by atomic mass is 16.1. The zero-order valence-corrected chi connectivity index (χ0v) is 11.7. The predicted octanol–water partition coefficient (Wildman–Crippen LogP) is 2.38. The van der Waals surface area contributed by atoms with E-state index >= 15 is 0 Å². The van der Waals surface area contributed by atoms with Crippen LogP contribution in [0.5, 0.6) is 0 Å². The van der Waals surface area contributed by atoms with E-state index in [4.69, 9.17) is 5.73 Å². The van der Waals surface area contributed by atoms with Crippen molar-refractivity contribution in [2.45, 2.75) is 51.6 Å². The molecule has 3 nitrogen and oxygen atoms in total. The van der Waals surface area contributed by atoms with Gasteiger partial charge in [-0.05, 0) is 29.9 Å². The van der Waals surface area contributed by atoms with Crippen molar-refractivity contribution in [1.82, 2.24) is 5.32 Å². The van der Waals surface area contributed by atoms with Gasteiger partial charge in [-0.1, -0.05) is 44.0 Å². The Morgan fingerprint density at radius 2 is 1.84 bits per heavy atom. The molecule has 3 heteroatoms. The molecule has 3 N–H and O–H groups in total. The standard InChI is InChI=1S/C16H24N2O/c1-12-4-2-3-5-15(12)18-16(19)10-13-6-8-14(11-17)9-7-13/h6-9,12,15H,2-5,10-11,17H2,1H3,(H,18,19). The van der Waals surface area contributed by atoms with Crippen LogP contribution in [0.2, 0.25) is 0 Å². The number of carbonyl (C=O) groups is 1. The smallest absolute Gasteiger partial charge is 0.224 e. The molecule has 0 heterocycles. The molecular formula is C16H24N2O. The third-order valence-electron chi connectivity index (χ3n) is 4.08. The number of amides is 1. The number of carbonyl (C=O) groups excluding carboxylic acids is 1. The van der Waals surface area contributed by atoms with Crippen LogP contribution < -0.4 is 11.1 Å². The van der Waals surface area contributed by atoms with Crippen LogP contribution >= 0.6 is 0 Å². The molecule has 1 aromatic rings. The van der Waals surface area contributed by atoms with Gasteiger partial charge in [0, 0.05) is 12.6 Å². The van der Waals surface area contributed by atoms with E-state index in [9.17, 15) is 4.79 Å². The molecule has 0 radical (unpaired) electrons. The molecule has 1 amide bonds. The van der Waals surface area contributed by atoms with E-state index in [0.717, 1.165) is 17.5 Å². The molecule has 1 aliphatic rings. The SMILES string of the molecule is CC1CCCCC1NC(=O)Cc1ccc(CN)cc1. The molecule has 1 fully saturated rings. The topological polar surface area (TPSA) is 55.1 Å². The quantitative estimate of drug-likeness (QED) is 0.873. The minimum atomic E-state index is 0.138. The van der Waals surface area contributed by atoms with E-state index in [-0.39, 0.29) is 5.91 Å². The lowest BCUT2D eigenvalue weighted by Crippen LogP contribution is -2.41. The van der Waals surface area contributed by atoms with E-state index in [1.165, 1.54) is 19.3 Å². The molecule has 19 heavy (non-hydrogen) atoms. The lowest BCUT2D eigenvalue weighted by molar-refractivity contribution is -0.121. The van der Waals surface area contributed by atoms with Crippen LogP contribution in [0, 0.1) is 5.92 Å². The summed E-state index contributed by atoms with van der Waals surface area (Å²) in [5, 5.41) is 3.18. The molecule has 0 bridgehead atoms. The highest BCUT2D eigenvalue weighted by Crippen LogP contribution is 2.23. The van der Waals surface area contributed by atoms with Crippen LogP contribution in [0.1, 0.15) is 43.7 Å². The number of nitrogens with one attached hydrogen (secondary N) is 1. The van der Waals surface area contributed by atoms with Gasteiger partial charge in [0.15, 0.2) is 0 Å². The van der Waals surface area contributed by atoms with Crippen LogP contribution in [0.25, 0.3) is 0 Å². The lowest BCUT2D eigenvalue weighted by Gasteiger charge is -2.29. The third kappa shape index (κ3) is 4.06. The number of benzene rings is 1. The van der Waals surface area contributed by atoms with E-state index < -0.39 is 0 Å². The molecule has 2 atom stereocenters. The summed E-state index contributed by atoms with van der Waals surface area (Å²) in [7, 11) is 0. The molecule has 1 aromatic carbocycles. The fraction of sp³-hybridized carbons (Fsp3) is 0.562. The Labute approximate surface area is 115 Å². The normalized spacial score (nSPS) is 23.1. The fourth-order valence-corrected chi connectivity index (χ4v) is 2.77. The van der Waals surface area contributed by atoms with Gasteiger partial charge in [-0.3, -0.25) is 4.79 Å². The predicted molar refractivity (Wildman–Crippen MR) is 77.6 cm³/mol. The first-order chi connectivity index (χ1) is 9.19. The van der Waals surface area contributed by atoms with Crippen molar-refractivity contribution in [3.8, 4) is 0 Å². The first-order valence-electron chi connectivity index (χ1n) is 7.26. The molecule has 2 rings (SSSR count). The summed E-state index contributed by atoms with van der Waals surface area (Å²) in [4.78, 5) is 12.0. The van der Waals surface area contributed by atoms with E-state index in [2.05, 4.69) is 12.2 Å². The van der Waals surface area contributed by atoms with Crippen LogP contribution in [0.15, 0.2) is 24.3 Å². The second kappa shape index (κ2) is 6.71. The van der Waals surface area contributed by atoms with E-state index in [1.54, 1.807) is 0 Å². The van der Waals surface area contributed by atoms with Crippen LogP contribution in [0.4, 0.5) is 0 Å². The molecule has 0 aliphatic heterocycles. The average molecular weight is 260 g/mol. The van der Waals surface area contributed by atoms with Crippen molar-refractivity contribution in [2.24, 2.45) is 11.7 Å². The van der Waals surface area contributed by atoms with Gasteiger partial charge in [-0.15, -0.1) is 0 Å². The van der Waals surface area contributed by atoms with Crippen molar-refractivity contribution < 1.29 is 4.79 Å². The Morgan fingerprint density at radius 1 is 1.21 bits per heavy atom. The van der Waals surface area contributed by atoms with Crippen molar-refractivity contribution in [1.29, 1.82) is 0 Å². The van der Waals surface area contributed by atoms with Gasteiger partial charge in [0.2, 0.25) is 5.91 Å². The molecular weight excluding hydrogens is 236 g/mol. The molecule has 0 spiro atoms. The third-order valence-corrected chi connectivity index (χ3v) is 4.08. The summed E-state index contributed by atoms with van der Waals surface area (Å²) in [5.74, 6) is 0.747. The fourth-order valence-electron chi connectivity index (χ4n) is 2.77. The molecule has 0 aromatic heterocycles. The number of nitrogens with two attached hydrogens (primary N) is 1. The van der Waals surface area contributed by atoms with Gasteiger partial charge >= 0.3 is 0 Å². The summed E-state index contributed by atoms with van der Waals surface area (Å²) in [6.07, 6.45) is 5.36. The Bertz CT molecular complexity index is 413. The van der Waals surface area contributed by atoms with Crippen LogP contribution in [-0.2, 0) is 17.8 Å². The van der Waals surface area contributed by atoms with E-state index in [1.807, 2.05) is 24.3 Å². The Hall–Kier alpha value is -1.35.